The van der Waals surface area contributed by atoms with Crippen LogP contribution in [0.3, 0.4) is 0 Å². The minimum atomic E-state index is -0.495. The van der Waals surface area contributed by atoms with Gasteiger partial charge in [0, 0.05) is 15.1 Å². The quantitative estimate of drug-likeness (QED) is 0.559. The van der Waals surface area contributed by atoms with Gasteiger partial charge >= 0.3 is 0 Å². The summed E-state index contributed by atoms with van der Waals surface area (Å²) in [5.74, 6) is -0.495. The predicted octanol–water partition coefficient (Wildman–Crippen LogP) is 4.47. The van der Waals surface area contributed by atoms with Gasteiger partial charge in [-0.15, -0.1) is 5.10 Å². The highest BCUT2D eigenvalue weighted by molar-refractivity contribution is 14.1. The van der Waals surface area contributed by atoms with E-state index in [-0.39, 0.29) is 5.41 Å². The lowest BCUT2D eigenvalue weighted by Crippen LogP contribution is -2.24. The standard InChI is InChI=1S/C13H20FIN2/c1-4-6-7-8-13(3,5-2)12-10(15)9-11(14)16-17-12/h9H,4-8H2,1-3H3. The Bertz CT molecular complexity index is 370. The van der Waals surface area contributed by atoms with Crippen molar-refractivity contribution in [2.24, 2.45) is 0 Å². The topological polar surface area (TPSA) is 25.8 Å². The van der Waals surface area contributed by atoms with Crippen LogP contribution in [0.25, 0.3) is 0 Å². The third-order valence-electron chi connectivity index (χ3n) is 3.40. The highest BCUT2D eigenvalue weighted by atomic mass is 127. The molecule has 0 spiro atoms. The second-order valence-corrected chi connectivity index (χ2v) is 5.90. The van der Waals surface area contributed by atoms with Crippen LogP contribution >= 0.6 is 22.6 Å². The predicted molar refractivity (Wildman–Crippen MR) is 76.5 cm³/mol. The molecule has 0 amide bonds. The molecule has 0 bridgehead atoms. The van der Waals surface area contributed by atoms with Gasteiger partial charge in [0.25, 0.3) is 0 Å². The Morgan fingerprint density at radius 2 is 2.00 bits per heavy atom. The van der Waals surface area contributed by atoms with E-state index in [0.717, 1.165) is 22.1 Å². The molecule has 0 aliphatic heterocycles. The van der Waals surface area contributed by atoms with E-state index in [1.54, 1.807) is 0 Å². The molecular weight excluding hydrogens is 330 g/mol. The van der Waals surface area contributed by atoms with E-state index in [1.807, 2.05) is 0 Å². The minimum absolute atomic E-state index is 0.0202. The SMILES string of the molecule is CCCCCC(C)(CC)c1nnc(F)cc1I. The molecular formula is C13H20FIN2. The Kier molecular flexibility index (Phi) is 5.76. The zero-order valence-corrected chi connectivity index (χ0v) is 12.9. The van der Waals surface area contributed by atoms with Crippen LogP contribution in [0.1, 0.15) is 58.6 Å². The van der Waals surface area contributed by atoms with Crippen molar-refractivity contribution >= 4 is 22.6 Å². The molecule has 0 radical (unpaired) electrons. The average Bonchev–Trinajstić information content (AvgIpc) is 2.29. The lowest BCUT2D eigenvalue weighted by Gasteiger charge is -2.28. The van der Waals surface area contributed by atoms with Crippen molar-refractivity contribution in [3.8, 4) is 0 Å². The zero-order valence-electron chi connectivity index (χ0n) is 10.8. The number of unbranched alkanes of at least 4 members (excludes halogenated alkanes) is 2. The monoisotopic (exact) mass is 350 g/mol. The van der Waals surface area contributed by atoms with Gasteiger partial charge in [-0.3, -0.25) is 0 Å². The van der Waals surface area contributed by atoms with Crippen LogP contribution < -0.4 is 0 Å². The van der Waals surface area contributed by atoms with E-state index in [2.05, 4.69) is 53.6 Å². The fourth-order valence-electron chi connectivity index (χ4n) is 1.98. The first-order valence-electron chi connectivity index (χ1n) is 6.22. The van der Waals surface area contributed by atoms with E-state index < -0.39 is 5.95 Å². The molecule has 1 aromatic rings. The molecule has 17 heavy (non-hydrogen) atoms. The Morgan fingerprint density at radius 3 is 2.53 bits per heavy atom. The Morgan fingerprint density at radius 1 is 1.29 bits per heavy atom. The molecule has 1 atom stereocenters. The summed E-state index contributed by atoms with van der Waals surface area (Å²) in [6, 6.07) is 1.47. The highest BCUT2D eigenvalue weighted by Gasteiger charge is 2.28. The Hall–Kier alpha value is -0.260. The smallest absolute Gasteiger partial charge is 0.183 e. The van der Waals surface area contributed by atoms with E-state index >= 15 is 0 Å². The molecule has 1 heterocycles. The Balaban J connectivity index is 2.90. The van der Waals surface area contributed by atoms with Crippen LogP contribution in [-0.2, 0) is 5.41 Å². The summed E-state index contributed by atoms with van der Waals surface area (Å²) in [4.78, 5) is 0. The zero-order chi connectivity index (χ0) is 12.9. The molecule has 0 aromatic carbocycles. The second kappa shape index (κ2) is 6.61. The highest BCUT2D eigenvalue weighted by Crippen LogP contribution is 2.34. The summed E-state index contributed by atoms with van der Waals surface area (Å²) >= 11 is 2.15. The molecule has 0 aliphatic rings. The van der Waals surface area contributed by atoms with Crippen LogP contribution in [-0.4, -0.2) is 10.2 Å². The van der Waals surface area contributed by atoms with Crippen LogP contribution in [0.2, 0.25) is 0 Å². The largest absolute Gasteiger partial charge is 0.234 e. The second-order valence-electron chi connectivity index (χ2n) is 4.73. The van der Waals surface area contributed by atoms with Gasteiger partial charge in [0.2, 0.25) is 5.95 Å². The van der Waals surface area contributed by atoms with Crippen molar-refractivity contribution in [2.45, 2.75) is 58.3 Å². The number of nitrogens with zero attached hydrogens (tertiary/aromatic N) is 2. The third-order valence-corrected chi connectivity index (χ3v) is 4.22. The van der Waals surface area contributed by atoms with Crippen molar-refractivity contribution in [3.63, 3.8) is 0 Å². The van der Waals surface area contributed by atoms with Crippen LogP contribution in [0, 0.1) is 9.52 Å². The van der Waals surface area contributed by atoms with Crippen molar-refractivity contribution in [1.82, 2.24) is 10.2 Å². The summed E-state index contributed by atoms with van der Waals surface area (Å²) in [6.07, 6.45) is 5.74. The molecule has 96 valence electrons. The number of rotatable bonds is 6. The first-order valence-corrected chi connectivity index (χ1v) is 7.30. The normalized spacial score (nSPS) is 14.6. The van der Waals surface area contributed by atoms with Crippen molar-refractivity contribution in [3.05, 3.63) is 21.3 Å². The molecule has 2 nitrogen and oxygen atoms in total. The number of hydrogen-bond acceptors (Lipinski definition) is 2. The molecule has 0 saturated carbocycles. The molecule has 0 fully saturated rings. The summed E-state index contributed by atoms with van der Waals surface area (Å²) in [5, 5.41) is 7.63. The van der Waals surface area contributed by atoms with E-state index in [1.165, 1.54) is 25.3 Å². The van der Waals surface area contributed by atoms with Gasteiger partial charge in [0.15, 0.2) is 0 Å². The third kappa shape index (κ3) is 3.86. The average molecular weight is 350 g/mol. The van der Waals surface area contributed by atoms with Gasteiger partial charge in [-0.05, 0) is 35.4 Å². The van der Waals surface area contributed by atoms with Crippen molar-refractivity contribution < 1.29 is 4.39 Å². The fourth-order valence-corrected chi connectivity index (χ4v) is 3.00. The number of halogens is 2. The van der Waals surface area contributed by atoms with Crippen LogP contribution in [0.4, 0.5) is 4.39 Å². The van der Waals surface area contributed by atoms with Gasteiger partial charge in [-0.25, -0.2) is 0 Å². The molecule has 0 aliphatic carbocycles. The van der Waals surface area contributed by atoms with E-state index in [9.17, 15) is 4.39 Å². The molecule has 0 N–H and O–H groups in total. The van der Waals surface area contributed by atoms with Crippen molar-refractivity contribution in [2.75, 3.05) is 0 Å². The van der Waals surface area contributed by atoms with Gasteiger partial charge < -0.3 is 0 Å². The maximum Gasteiger partial charge on any atom is 0.234 e. The van der Waals surface area contributed by atoms with E-state index in [4.69, 9.17) is 0 Å². The van der Waals surface area contributed by atoms with Crippen molar-refractivity contribution in [1.29, 1.82) is 0 Å². The molecule has 1 aromatic heterocycles. The molecule has 1 unspecified atom stereocenters. The summed E-state index contributed by atoms with van der Waals surface area (Å²) < 4.78 is 13.9. The van der Waals surface area contributed by atoms with Crippen LogP contribution in [0.5, 0.6) is 0 Å². The first-order chi connectivity index (χ1) is 8.03. The van der Waals surface area contributed by atoms with Gasteiger partial charge in [0.1, 0.15) is 0 Å². The fraction of sp³-hybridized carbons (Fsp3) is 0.692. The molecule has 0 saturated heterocycles. The number of aromatic nitrogens is 2. The minimum Gasteiger partial charge on any atom is -0.183 e. The van der Waals surface area contributed by atoms with Gasteiger partial charge in [0.05, 0.1) is 5.69 Å². The number of hydrogen-bond donors (Lipinski definition) is 0. The maximum atomic E-state index is 13.0. The summed E-state index contributed by atoms with van der Waals surface area (Å²) in [7, 11) is 0. The van der Waals surface area contributed by atoms with E-state index in [0.29, 0.717) is 0 Å². The maximum absolute atomic E-state index is 13.0. The first kappa shape index (κ1) is 14.8. The summed E-state index contributed by atoms with van der Waals surface area (Å²) in [5.41, 5.74) is 0.963. The lowest BCUT2D eigenvalue weighted by molar-refractivity contribution is 0.378. The molecule has 4 heteroatoms. The lowest BCUT2D eigenvalue weighted by atomic mass is 9.79. The van der Waals surface area contributed by atoms with Gasteiger partial charge in [-0.1, -0.05) is 40.0 Å². The molecule has 1 rings (SSSR count). The van der Waals surface area contributed by atoms with Gasteiger partial charge in [-0.2, -0.15) is 9.49 Å². The summed E-state index contributed by atoms with van der Waals surface area (Å²) in [6.45, 7) is 6.56. The Labute approximate surface area is 117 Å². The van der Waals surface area contributed by atoms with Crippen LogP contribution in [0.15, 0.2) is 6.07 Å².